The summed E-state index contributed by atoms with van der Waals surface area (Å²) in [5, 5.41) is 0. The van der Waals surface area contributed by atoms with Crippen molar-refractivity contribution in [3.63, 3.8) is 0 Å². The van der Waals surface area contributed by atoms with Gasteiger partial charge in [-0.25, -0.2) is 0 Å². The standard InChI is InChI=1S/C12H23NO2/c1-12(2,3)11(14)5-7-13-6-4-9-15-10-8-13/h4-10H2,1-3H3. The molecule has 0 saturated carbocycles. The fourth-order valence-electron chi connectivity index (χ4n) is 1.66. The van der Waals surface area contributed by atoms with E-state index < -0.39 is 0 Å². The van der Waals surface area contributed by atoms with Gasteiger partial charge in [0.1, 0.15) is 5.78 Å². The number of ether oxygens (including phenoxy) is 1. The molecule has 15 heavy (non-hydrogen) atoms. The third-order valence-corrected chi connectivity index (χ3v) is 2.81. The molecule has 0 atom stereocenters. The monoisotopic (exact) mass is 213 g/mol. The molecule has 0 aliphatic carbocycles. The Balaban J connectivity index is 2.26. The van der Waals surface area contributed by atoms with Crippen molar-refractivity contribution < 1.29 is 9.53 Å². The third-order valence-electron chi connectivity index (χ3n) is 2.81. The molecule has 1 aliphatic heterocycles. The Labute approximate surface area is 92.8 Å². The first-order chi connectivity index (χ1) is 7.00. The number of ketones is 1. The molecule has 0 aromatic heterocycles. The Kier molecular flexibility index (Phi) is 4.74. The van der Waals surface area contributed by atoms with E-state index in [1.807, 2.05) is 20.8 Å². The van der Waals surface area contributed by atoms with Crippen molar-refractivity contribution in [2.75, 3.05) is 32.8 Å². The van der Waals surface area contributed by atoms with Crippen LogP contribution in [0.4, 0.5) is 0 Å². The first kappa shape index (κ1) is 12.7. The topological polar surface area (TPSA) is 29.5 Å². The summed E-state index contributed by atoms with van der Waals surface area (Å²) in [5.41, 5.74) is -0.192. The summed E-state index contributed by atoms with van der Waals surface area (Å²) in [4.78, 5) is 14.1. The van der Waals surface area contributed by atoms with E-state index in [0.29, 0.717) is 12.2 Å². The molecule has 1 saturated heterocycles. The lowest BCUT2D eigenvalue weighted by Gasteiger charge is -2.22. The molecular formula is C12H23NO2. The molecule has 1 aliphatic rings. The van der Waals surface area contributed by atoms with E-state index in [2.05, 4.69) is 4.90 Å². The number of Topliss-reactive ketones (excluding diaryl/α,β-unsaturated/α-hetero) is 1. The van der Waals surface area contributed by atoms with Crippen LogP contribution in [0.1, 0.15) is 33.6 Å². The highest BCUT2D eigenvalue weighted by atomic mass is 16.5. The molecule has 0 radical (unpaired) electrons. The molecular weight excluding hydrogens is 190 g/mol. The van der Waals surface area contributed by atoms with Crippen molar-refractivity contribution in [2.45, 2.75) is 33.6 Å². The average molecular weight is 213 g/mol. The predicted molar refractivity (Wildman–Crippen MR) is 61.0 cm³/mol. The Morgan fingerprint density at radius 2 is 2.00 bits per heavy atom. The van der Waals surface area contributed by atoms with Crippen LogP contribution in [-0.2, 0) is 9.53 Å². The highest BCUT2D eigenvalue weighted by Gasteiger charge is 2.21. The van der Waals surface area contributed by atoms with Crippen LogP contribution in [0.2, 0.25) is 0 Å². The summed E-state index contributed by atoms with van der Waals surface area (Å²) >= 11 is 0. The first-order valence-electron chi connectivity index (χ1n) is 5.83. The van der Waals surface area contributed by atoms with E-state index in [1.54, 1.807) is 0 Å². The maximum Gasteiger partial charge on any atom is 0.139 e. The van der Waals surface area contributed by atoms with Crippen LogP contribution in [0.3, 0.4) is 0 Å². The number of hydrogen-bond donors (Lipinski definition) is 0. The van der Waals surface area contributed by atoms with Crippen molar-refractivity contribution in [2.24, 2.45) is 5.41 Å². The summed E-state index contributed by atoms with van der Waals surface area (Å²) < 4.78 is 5.37. The van der Waals surface area contributed by atoms with Crippen LogP contribution < -0.4 is 0 Å². The summed E-state index contributed by atoms with van der Waals surface area (Å²) in [6.45, 7) is 10.6. The Bertz CT molecular complexity index is 200. The van der Waals surface area contributed by atoms with Crippen LogP contribution in [0.15, 0.2) is 0 Å². The van der Waals surface area contributed by atoms with E-state index in [-0.39, 0.29) is 5.41 Å². The second kappa shape index (κ2) is 5.61. The zero-order chi connectivity index (χ0) is 11.3. The zero-order valence-corrected chi connectivity index (χ0v) is 10.2. The van der Waals surface area contributed by atoms with Crippen molar-refractivity contribution in [1.29, 1.82) is 0 Å². The number of carbonyl (C=O) groups excluding carboxylic acids is 1. The number of nitrogens with zero attached hydrogens (tertiary/aromatic N) is 1. The average Bonchev–Trinajstić information content (AvgIpc) is 2.40. The Morgan fingerprint density at radius 1 is 1.27 bits per heavy atom. The third kappa shape index (κ3) is 4.76. The zero-order valence-electron chi connectivity index (χ0n) is 10.2. The molecule has 0 aromatic carbocycles. The van der Waals surface area contributed by atoms with E-state index in [1.165, 1.54) is 0 Å². The summed E-state index contributed by atoms with van der Waals surface area (Å²) in [7, 11) is 0. The molecule has 88 valence electrons. The molecule has 0 unspecified atom stereocenters. The minimum atomic E-state index is -0.192. The molecule has 3 heteroatoms. The lowest BCUT2D eigenvalue weighted by atomic mass is 9.89. The van der Waals surface area contributed by atoms with Gasteiger partial charge in [0.2, 0.25) is 0 Å². The van der Waals surface area contributed by atoms with E-state index in [9.17, 15) is 4.79 Å². The smallest absolute Gasteiger partial charge is 0.139 e. The van der Waals surface area contributed by atoms with Gasteiger partial charge in [-0.05, 0) is 6.42 Å². The minimum absolute atomic E-state index is 0.192. The van der Waals surface area contributed by atoms with Crippen LogP contribution in [0.5, 0.6) is 0 Å². The van der Waals surface area contributed by atoms with Crippen LogP contribution in [-0.4, -0.2) is 43.5 Å². The molecule has 0 aromatic rings. The Hall–Kier alpha value is -0.410. The first-order valence-corrected chi connectivity index (χ1v) is 5.83. The van der Waals surface area contributed by atoms with Crippen LogP contribution >= 0.6 is 0 Å². The van der Waals surface area contributed by atoms with E-state index in [0.717, 1.165) is 39.3 Å². The molecule has 1 heterocycles. The Morgan fingerprint density at radius 3 is 2.67 bits per heavy atom. The highest BCUT2D eigenvalue weighted by Crippen LogP contribution is 2.17. The van der Waals surface area contributed by atoms with Crippen molar-refractivity contribution in [3.8, 4) is 0 Å². The second-order valence-electron chi connectivity index (χ2n) is 5.23. The fraction of sp³-hybridized carbons (Fsp3) is 0.917. The lowest BCUT2D eigenvalue weighted by molar-refractivity contribution is -0.126. The van der Waals surface area contributed by atoms with Crippen molar-refractivity contribution in [3.05, 3.63) is 0 Å². The van der Waals surface area contributed by atoms with Crippen LogP contribution in [0.25, 0.3) is 0 Å². The van der Waals surface area contributed by atoms with Gasteiger partial charge in [-0.2, -0.15) is 0 Å². The number of carbonyl (C=O) groups is 1. The van der Waals surface area contributed by atoms with Crippen molar-refractivity contribution >= 4 is 5.78 Å². The quantitative estimate of drug-likeness (QED) is 0.715. The maximum atomic E-state index is 11.7. The largest absolute Gasteiger partial charge is 0.380 e. The van der Waals surface area contributed by atoms with Gasteiger partial charge in [0.05, 0.1) is 6.61 Å². The minimum Gasteiger partial charge on any atom is -0.380 e. The molecule has 0 amide bonds. The molecule has 0 spiro atoms. The predicted octanol–water partition coefficient (Wildman–Crippen LogP) is 1.71. The van der Waals surface area contributed by atoms with Gasteiger partial charge < -0.3 is 9.64 Å². The van der Waals surface area contributed by atoms with Gasteiger partial charge in [0.25, 0.3) is 0 Å². The molecule has 1 fully saturated rings. The van der Waals surface area contributed by atoms with Gasteiger partial charge in [-0.3, -0.25) is 4.79 Å². The SMILES string of the molecule is CC(C)(C)C(=O)CCN1CCCOCC1. The highest BCUT2D eigenvalue weighted by molar-refractivity contribution is 5.83. The molecule has 3 nitrogen and oxygen atoms in total. The second-order valence-corrected chi connectivity index (χ2v) is 5.23. The van der Waals surface area contributed by atoms with E-state index >= 15 is 0 Å². The summed E-state index contributed by atoms with van der Waals surface area (Å²) in [6, 6.07) is 0. The molecule has 1 rings (SSSR count). The van der Waals surface area contributed by atoms with Gasteiger partial charge in [0.15, 0.2) is 0 Å². The van der Waals surface area contributed by atoms with Crippen LogP contribution in [0, 0.1) is 5.41 Å². The van der Waals surface area contributed by atoms with Gasteiger partial charge in [-0.1, -0.05) is 20.8 Å². The number of rotatable bonds is 3. The van der Waals surface area contributed by atoms with Gasteiger partial charge in [-0.15, -0.1) is 0 Å². The number of hydrogen-bond acceptors (Lipinski definition) is 3. The fourth-order valence-corrected chi connectivity index (χ4v) is 1.66. The lowest BCUT2D eigenvalue weighted by Crippen LogP contribution is -2.31. The normalized spacial score (nSPS) is 19.9. The van der Waals surface area contributed by atoms with Gasteiger partial charge in [0, 0.05) is 38.1 Å². The summed E-state index contributed by atoms with van der Waals surface area (Å²) in [6.07, 6.45) is 1.76. The summed E-state index contributed by atoms with van der Waals surface area (Å²) in [5.74, 6) is 0.354. The molecule has 0 bridgehead atoms. The maximum absolute atomic E-state index is 11.7. The van der Waals surface area contributed by atoms with E-state index in [4.69, 9.17) is 4.74 Å². The van der Waals surface area contributed by atoms with Gasteiger partial charge >= 0.3 is 0 Å². The van der Waals surface area contributed by atoms with Crippen molar-refractivity contribution in [1.82, 2.24) is 4.90 Å². The molecule has 0 N–H and O–H groups in total.